The second-order valence-corrected chi connectivity index (χ2v) is 8.59. The zero-order chi connectivity index (χ0) is 19.3. The van der Waals surface area contributed by atoms with E-state index in [1.54, 1.807) is 35.7 Å². The van der Waals surface area contributed by atoms with E-state index in [1.165, 1.54) is 5.56 Å². The van der Waals surface area contributed by atoms with Crippen LogP contribution in [0.2, 0.25) is 0 Å². The molecule has 0 saturated heterocycles. The highest BCUT2D eigenvalue weighted by atomic mass is 32.2. The minimum atomic E-state index is -3.33. The summed E-state index contributed by atoms with van der Waals surface area (Å²) in [7, 11) is -1.77. The molecular formula is C20H24N2O4S. The van der Waals surface area contributed by atoms with Crippen molar-refractivity contribution in [1.29, 1.82) is 0 Å². The summed E-state index contributed by atoms with van der Waals surface area (Å²) in [4.78, 5) is 12.1. The van der Waals surface area contributed by atoms with E-state index in [2.05, 4.69) is 5.32 Å². The number of fused-ring (bicyclic) bond motifs is 1. The van der Waals surface area contributed by atoms with Crippen LogP contribution in [0.3, 0.4) is 0 Å². The number of hydrogen-bond donors (Lipinski definition) is 1. The van der Waals surface area contributed by atoms with E-state index < -0.39 is 10.0 Å². The first-order valence-corrected chi connectivity index (χ1v) is 10.6. The Morgan fingerprint density at radius 1 is 1.11 bits per heavy atom. The molecule has 0 saturated carbocycles. The Labute approximate surface area is 160 Å². The first-order valence-electron chi connectivity index (χ1n) is 8.96. The van der Waals surface area contributed by atoms with Gasteiger partial charge in [-0.05, 0) is 48.2 Å². The highest BCUT2D eigenvalue weighted by Crippen LogP contribution is 2.21. The molecule has 0 aromatic heterocycles. The smallest absolute Gasteiger partial charge is 0.251 e. The topological polar surface area (TPSA) is 75.7 Å². The summed E-state index contributed by atoms with van der Waals surface area (Å²) in [6.07, 6.45) is 1.12. The van der Waals surface area contributed by atoms with Crippen LogP contribution in [0.4, 0.5) is 0 Å². The van der Waals surface area contributed by atoms with Crippen molar-refractivity contribution >= 4 is 15.9 Å². The molecule has 7 heteroatoms. The van der Waals surface area contributed by atoms with Crippen molar-refractivity contribution in [3.8, 4) is 5.75 Å². The van der Waals surface area contributed by atoms with Gasteiger partial charge in [-0.1, -0.05) is 24.3 Å². The summed E-state index contributed by atoms with van der Waals surface area (Å²) >= 11 is 0. The first kappa shape index (κ1) is 19.4. The molecule has 0 spiro atoms. The molecule has 0 radical (unpaired) electrons. The predicted molar refractivity (Wildman–Crippen MR) is 104 cm³/mol. The van der Waals surface area contributed by atoms with Gasteiger partial charge in [0.15, 0.2) is 0 Å². The maximum atomic E-state index is 12.6. The maximum absolute atomic E-state index is 12.6. The van der Waals surface area contributed by atoms with Crippen molar-refractivity contribution in [2.24, 2.45) is 0 Å². The average molecular weight is 388 g/mol. The normalized spacial score (nSPS) is 14.4. The molecule has 2 aromatic carbocycles. The fourth-order valence-electron chi connectivity index (χ4n) is 3.14. The molecule has 27 heavy (non-hydrogen) atoms. The van der Waals surface area contributed by atoms with Crippen LogP contribution in [0.25, 0.3) is 0 Å². The molecule has 0 unspecified atom stereocenters. The van der Waals surface area contributed by atoms with E-state index in [0.717, 1.165) is 12.0 Å². The third kappa shape index (κ3) is 4.87. The van der Waals surface area contributed by atoms with Crippen LogP contribution < -0.4 is 10.1 Å². The standard InChI is InChI=1S/C20H24N2O4S/c1-26-19-9-7-17(8-10-19)20(23)21-12-4-14-27(24,25)22-13-11-16-5-2-3-6-18(16)15-22/h2-3,5-10H,4,11-15H2,1H3,(H,21,23). The largest absolute Gasteiger partial charge is 0.497 e. The van der Waals surface area contributed by atoms with Crippen LogP contribution in [-0.4, -0.2) is 44.6 Å². The van der Waals surface area contributed by atoms with Gasteiger partial charge in [0.25, 0.3) is 5.91 Å². The summed E-state index contributed by atoms with van der Waals surface area (Å²) in [5, 5.41) is 2.76. The quantitative estimate of drug-likeness (QED) is 0.738. The van der Waals surface area contributed by atoms with Gasteiger partial charge < -0.3 is 10.1 Å². The minimum Gasteiger partial charge on any atom is -0.497 e. The van der Waals surface area contributed by atoms with Crippen molar-refractivity contribution in [1.82, 2.24) is 9.62 Å². The molecule has 144 valence electrons. The van der Waals surface area contributed by atoms with Gasteiger partial charge in [-0.2, -0.15) is 4.31 Å². The van der Waals surface area contributed by atoms with Gasteiger partial charge in [0.05, 0.1) is 12.9 Å². The molecule has 1 amide bonds. The van der Waals surface area contributed by atoms with E-state index in [9.17, 15) is 13.2 Å². The Kier molecular flexibility index (Phi) is 6.13. The van der Waals surface area contributed by atoms with E-state index in [0.29, 0.717) is 37.4 Å². The lowest BCUT2D eigenvalue weighted by Crippen LogP contribution is -2.38. The van der Waals surface area contributed by atoms with Crippen LogP contribution in [0, 0.1) is 0 Å². The molecule has 0 fully saturated rings. The number of nitrogens with zero attached hydrogens (tertiary/aromatic N) is 1. The van der Waals surface area contributed by atoms with E-state index in [-0.39, 0.29) is 11.7 Å². The predicted octanol–water partition coefficient (Wildman–Crippen LogP) is 2.20. The fourth-order valence-corrected chi connectivity index (χ4v) is 4.61. The Bertz CT molecular complexity index is 894. The third-order valence-corrected chi connectivity index (χ3v) is 6.61. The summed E-state index contributed by atoms with van der Waals surface area (Å²) in [6.45, 7) is 1.25. The van der Waals surface area contributed by atoms with Crippen LogP contribution in [0.15, 0.2) is 48.5 Å². The third-order valence-electron chi connectivity index (χ3n) is 4.71. The number of benzene rings is 2. The summed E-state index contributed by atoms with van der Waals surface area (Å²) in [5.41, 5.74) is 2.81. The molecule has 6 nitrogen and oxygen atoms in total. The number of rotatable bonds is 7. The molecular weight excluding hydrogens is 364 g/mol. The lowest BCUT2D eigenvalue weighted by Gasteiger charge is -2.28. The zero-order valence-electron chi connectivity index (χ0n) is 15.3. The monoisotopic (exact) mass is 388 g/mol. The Hall–Kier alpha value is -2.38. The van der Waals surface area contributed by atoms with Crippen molar-refractivity contribution in [3.05, 3.63) is 65.2 Å². The van der Waals surface area contributed by atoms with Crippen LogP contribution in [-0.2, 0) is 23.0 Å². The SMILES string of the molecule is COc1ccc(C(=O)NCCCS(=O)(=O)N2CCc3ccccc3C2)cc1. The number of amides is 1. The second kappa shape index (κ2) is 8.54. The Morgan fingerprint density at radius 3 is 2.52 bits per heavy atom. The van der Waals surface area contributed by atoms with Gasteiger partial charge in [0.1, 0.15) is 5.75 Å². The molecule has 0 atom stereocenters. The fraction of sp³-hybridized carbons (Fsp3) is 0.350. The maximum Gasteiger partial charge on any atom is 0.251 e. The van der Waals surface area contributed by atoms with Crippen molar-refractivity contribution in [2.45, 2.75) is 19.4 Å². The highest BCUT2D eigenvalue weighted by Gasteiger charge is 2.26. The number of ether oxygens (including phenoxy) is 1. The summed E-state index contributed by atoms with van der Waals surface area (Å²) < 4.78 is 31.8. The molecule has 2 aromatic rings. The highest BCUT2D eigenvalue weighted by molar-refractivity contribution is 7.89. The lowest BCUT2D eigenvalue weighted by molar-refractivity contribution is 0.0953. The number of methoxy groups -OCH3 is 1. The average Bonchev–Trinajstić information content (AvgIpc) is 2.70. The molecule has 1 N–H and O–H groups in total. The Balaban J connectivity index is 1.47. The van der Waals surface area contributed by atoms with Crippen molar-refractivity contribution in [3.63, 3.8) is 0 Å². The van der Waals surface area contributed by atoms with Gasteiger partial charge in [-0.15, -0.1) is 0 Å². The number of nitrogens with one attached hydrogen (secondary N) is 1. The zero-order valence-corrected chi connectivity index (χ0v) is 16.2. The van der Waals surface area contributed by atoms with Gasteiger partial charge in [0, 0.05) is 25.2 Å². The van der Waals surface area contributed by atoms with E-state index in [1.807, 2.05) is 24.3 Å². The summed E-state index contributed by atoms with van der Waals surface area (Å²) in [6, 6.07) is 14.7. The first-order chi connectivity index (χ1) is 13.0. The van der Waals surface area contributed by atoms with E-state index >= 15 is 0 Å². The lowest BCUT2D eigenvalue weighted by atomic mass is 10.0. The molecule has 3 rings (SSSR count). The number of sulfonamides is 1. The molecule has 0 aliphatic carbocycles. The number of hydrogen-bond acceptors (Lipinski definition) is 4. The van der Waals surface area contributed by atoms with Crippen LogP contribution in [0.5, 0.6) is 5.75 Å². The number of carbonyl (C=O) groups is 1. The van der Waals surface area contributed by atoms with Gasteiger partial charge in [-0.3, -0.25) is 4.79 Å². The van der Waals surface area contributed by atoms with Gasteiger partial charge in [-0.25, -0.2) is 8.42 Å². The van der Waals surface area contributed by atoms with Crippen LogP contribution in [0.1, 0.15) is 27.9 Å². The Morgan fingerprint density at radius 2 is 1.81 bits per heavy atom. The van der Waals surface area contributed by atoms with Crippen molar-refractivity contribution in [2.75, 3.05) is 26.0 Å². The second-order valence-electron chi connectivity index (χ2n) is 6.51. The van der Waals surface area contributed by atoms with Crippen LogP contribution >= 0.6 is 0 Å². The molecule has 1 aliphatic rings. The molecule has 1 heterocycles. The molecule has 1 aliphatic heterocycles. The van der Waals surface area contributed by atoms with Crippen molar-refractivity contribution < 1.29 is 17.9 Å². The van der Waals surface area contributed by atoms with Gasteiger partial charge in [0.2, 0.25) is 10.0 Å². The van der Waals surface area contributed by atoms with Gasteiger partial charge >= 0.3 is 0 Å². The summed E-state index contributed by atoms with van der Waals surface area (Å²) in [5.74, 6) is 0.487. The number of carbonyl (C=O) groups excluding carboxylic acids is 1. The molecule has 0 bridgehead atoms. The minimum absolute atomic E-state index is 0.0259. The van der Waals surface area contributed by atoms with E-state index in [4.69, 9.17) is 4.74 Å².